The highest BCUT2D eigenvalue weighted by molar-refractivity contribution is 6.04. The number of nitrogens with one attached hydrogen (secondary N) is 1. The molecule has 5 nitrogen and oxygen atoms in total. The van der Waals surface area contributed by atoms with Crippen molar-refractivity contribution in [2.24, 2.45) is 0 Å². The predicted octanol–water partition coefficient (Wildman–Crippen LogP) is 3.78. The number of nitrogens with zero attached hydrogens (tertiary/aromatic N) is 3. The second-order valence-corrected chi connectivity index (χ2v) is 6.70. The average molecular weight is 338 g/mol. The number of hydrogen-bond acceptors (Lipinski definition) is 4. The molecule has 2 aromatic rings. The van der Waals surface area contributed by atoms with Gasteiger partial charge in [0.2, 0.25) is 0 Å². The number of anilines is 3. The molecule has 1 aromatic carbocycles. The van der Waals surface area contributed by atoms with Crippen LogP contribution in [0.2, 0.25) is 0 Å². The van der Waals surface area contributed by atoms with Crippen molar-refractivity contribution in [2.45, 2.75) is 25.7 Å². The van der Waals surface area contributed by atoms with Crippen LogP contribution < -0.4 is 15.1 Å². The normalized spacial score (nSPS) is 14.7. The number of benzene rings is 1. The SMILES string of the molecule is CN(C)c1cccc(NC(=O)c2ccnc(N3CCCCCC3)c2)c1. The summed E-state index contributed by atoms with van der Waals surface area (Å²) in [5, 5.41) is 2.98. The standard InChI is InChI=1S/C20H26N4O/c1-23(2)18-9-7-8-17(15-18)22-20(25)16-10-11-21-19(14-16)24-12-5-3-4-6-13-24/h7-11,14-15H,3-6,12-13H2,1-2H3,(H,22,25). The molecule has 1 fully saturated rings. The fourth-order valence-electron chi connectivity index (χ4n) is 3.10. The van der Waals surface area contributed by atoms with E-state index in [0.29, 0.717) is 5.56 Å². The first-order chi connectivity index (χ1) is 12.1. The summed E-state index contributed by atoms with van der Waals surface area (Å²) in [7, 11) is 3.97. The minimum absolute atomic E-state index is 0.102. The van der Waals surface area contributed by atoms with Crippen LogP contribution in [0.15, 0.2) is 42.6 Å². The van der Waals surface area contributed by atoms with Crippen molar-refractivity contribution in [1.29, 1.82) is 0 Å². The van der Waals surface area contributed by atoms with Gasteiger partial charge in [0.05, 0.1) is 0 Å². The summed E-state index contributed by atoms with van der Waals surface area (Å²) in [6.07, 6.45) is 6.66. The zero-order valence-corrected chi connectivity index (χ0v) is 15.0. The molecule has 132 valence electrons. The summed E-state index contributed by atoms with van der Waals surface area (Å²) in [6.45, 7) is 2.03. The van der Waals surface area contributed by atoms with Gasteiger partial charge in [-0.3, -0.25) is 4.79 Å². The molecule has 1 N–H and O–H groups in total. The molecule has 5 heteroatoms. The van der Waals surface area contributed by atoms with E-state index < -0.39 is 0 Å². The quantitative estimate of drug-likeness (QED) is 0.922. The summed E-state index contributed by atoms with van der Waals surface area (Å²) in [4.78, 5) is 21.4. The van der Waals surface area contributed by atoms with Crippen molar-refractivity contribution >= 4 is 23.1 Å². The largest absolute Gasteiger partial charge is 0.378 e. The highest BCUT2D eigenvalue weighted by Gasteiger charge is 2.14. The first kappa shape index (κ1) is 17.3. The fourth-order valence-corrected chi connectivity index (χ4v) is 3.10. The minimum Gasteiger partial charge on any atom is -0.378 e. The van der Waals surface area contributed by atoms with Gasteiger partial charge in [-0.2, -0.15) is 0 Å². The van der Waals surface area contributed by atoms with Crippen LogP contribution in [0.5, 0.6) is 0 Å². The molecular formula is C20H26N4O. The number of aromatic nitrogens is 1. The number of rotatable bonds is 4. The molecule has 3 rings (SSSR count). The van der Waals surface area contributed by atoms with E-state index in [1.54, 1.807) is 12.3 Å². The zero-order valence-electron chi connectivity index (χ0n) is 15.0. The lowest BCUT2D eigenvalue weighted by Crippen LogP contribution is -2.25. The minimum atomic E-state index is -0.102. The molecule has 1 aliphatic heterocycles. The molecule has 0 atom stereocenters. The molecule has 0 spiro atoms. The Bertz CT molecular complexity index is 721. The van der Waals surface area contributed by atoms with Crippen molar-refractivity contribution in [3.8, 4) is 0 Å². The molecular weight excluding hydrogens is 312 g/mol. The van der Waals surface area contributed by atoms with Gasteiger partial charge in [-0.15, -0.1) is 0 Å². The maximum Gasteiger partial charge on any atom is 0.255 e. The van der Waals surface area contributed by atoms with Crippen LogP contribution in [0.4, 0.5) is 17.2 Å². The van der Waals surface area contributed by atoms with E-state index in [1.807, 2.05) is 49.3 Å². The number of hydrogen-bond donors (Lipinski definition) is 1. The van der Waals surface area contributed by atoms with Crippen LogP contribution >= 0.6 is 0 Å². The fraction of sp³-hybridized carbons (Fsp3) is 0.400. The highest BCUT2D eigenvalue weighted by atomic mass is 16.1. The van der Waals surface area contributed by atoms with Gasteiger partial charge in [0.25, 0.3) is 5.91 Å². The lowest BCUT2D eigenvalue weighted by Gasteiger charge is -2.21. The molecule has 1 aliphatic rings. The van der Waals surface area contributed by atoms with E-state index in [9.17, 15) is 4.79 Å². The Morgan fingerprint density at radius 3 is 2.56 bits per heavy atom. The summed E-state index contributed by atoms with van der Waals surface area (Å²) >= 11 is 0. The van der Waals surface area contributed by atoms with E-state index in [2.05, 4.69) is 15.2 Å². The first-order valence-corrected chi connectivity index (χ1v) is 8.93. The van der Waals surface area contributed by atoms with Crippen molar-refractivity contribution in [3.63, 3.8) is 0 Å². The molecule has 0 bridgehead atoms. The Balaban J connectivity index is 1.74. The van der Waals surface area contributed by atoms with E-state index in [-0.39, 0.29) is 5.91 Å². The Hall–Kier alpha value is -2.56. The third-order valence-corrected chi connectivity index (χ3v) is 4.56. The second-order valence-electron chi connectivity index (χ2n) is 6.70. The third kappa shape index (κ3) is 4.50. The monoisotopic (exact) mass is 338 g/mol. The molecule has 2 heterocycles. The van der Waals surface area contributed by atoms with Crippen LogP contribution in [0, 0.1) is 0 Å². The van der Waals surface area contributed by atoms with Crippen LogP contribution in [0.1, 0.15) is 36.0 Å². The molecule has 0 aliphatic carbocycles. The van der Waals surface area contributed by atoms with Gasteiger partial charge in [-0.05, 0) is 43.2 Å². The number of pyridine rings is 1. The van der Waals surface area contributed by atoms with Gasteiger partial charge in [-0.1, -0.05) is 18.9 Å². The number of carbonyl (C=O) groups is 1. The van der Waals surface area contributed by atoms with Gasteiger partial charge < -0.3 is 15.1 Å². The van der Waals surface area contributed by atoms with Gasteiger partial charge in [0, 0.05) is 50.3 Å². The summed E-state index contributed by atoms with van der Waals surface area (Å²) in [5.41, 5.74) is 2.49. The van der Waals surface area contributed by atoms with E-state index >= 15 is 0 Å². The molecule has 0 radical (unpaired) electrons. The zero-order chi connectivity index (χ0) is 17.6. The van der Waals surface area contributed by atoms with E-state index in [0.717, 1.165) is 30.3 Å². The average Bonchev–Trinajstić information content (AvgIpc) is 2.91. The Labute approximate surface area is 149 Å². The summed E-state index contributed by atoms with van der Waals surface area (Å²) < 4.78 is 0. The molecule has 0 saturated carbocycles. The molecule has 1 aromatic heterocycles. The summed E-state index contributed by atoms with van der Waals surface area (Å²) in [6, 6.07) is 11.5. The maximum absolute atomic E-state index is 12.6. The molecule has 0 unspecified atom stereocenters. The van der Waals surface area contributed by atoms with Crippen molar-refractivity contribution < 1.29 is 4.79 Å². The Morgan fingerprint density at radius 2 is 1.84 bits per heavy atom. The lowest BCUT2D eigenvalue weighted by molar-refractivity contribution is 0.102. The Morgan fingerprint density at radius 1 is 1.08 bits per heavy atom. The second kappa shape index (κ2) is 8.01. The molecule has 1 amide bonds. The van der Waals surface area contributed by atoms with E-state index in [4.69, 9.17) is 0 Å². The lowest BCUT2D eigenvalue weighted by atomic mass is 10.2. The Kier molecular flexibility index (Phi) is 5.53. The van der Waals surface area contributed by atoms with Crippen molar-refractivity contribution in [3.05, 3.63) is 48.2 Å². The van der Waals surface area contributed by atoms with E-state index in [1.165, 1.54) is 25.7 Å². The van der Waals surface area contributed by atoms with Crippen LogP contribution in [0.3, 0.4) is 0 Å². The van der Waals surface area contributed by atoms with Gasteiger partial charge in [0.15, 0.2) is 0 Å². The molecule has 25 heavy (non-hydrogen) atoms. The van der Waals surface area contributed by atoms with Crippen molar-refractivity contribution in [2.75, 3.05) is 42.3 Å². The topological polar surface area (TPSA) is 48.5 Å². The van der Waals surface area contributed by atoms with Gasteiger partial charge >= 0.3 is 0 Å². The summed E-state index contributed by atoms with van der Waals surface area (Å²) in [5.74, 6) is 0.797. The highest BCUT2D eigenvalue weighted by Crippen LogP contribution is 2.20. The third-order valence-electron chi connectivity index (χ3n) is 4.56. The van der Waals surface area contributed by atoms with Gasteiger partial charge in [-0.25, -0.2) is 4.98 Å². The van der Waals surface area contributed by atoms with Crippen molar-refractivity contribution in [1.82, 2.24) is 4.98 Å². The van der Waals surface area contributed by atoms with Crippen LogP contribution in [0.25, 0.3) is 0 Å². The maximum atomic E-state index is 12.6. The smallest absolute Gasteiger partial charge is 0.255 e. The first-order valence-electron chi connectivity index (χ1n) is 8.93. The van der Waals surface area contributed by atoms with Crippen LogP contribution in [-0.4, -0.2) is 38.1 Å². The predicted molar refractivity (Wildman–Crippen MR) is 104 cm³/mol. The molecule has 1 saturated heterocycles. The van der Waals surface area contributed by atoms with Crippen LogP contribution in [-0.2, 0) is 0 Å². The van der Waals surface area contributed by atoms with Gasteiger partial charge in [0.1, 0.15) is 5.82 Å². The number of amides is 1. The number of carbonyl (C=O) groups excluding carboxylic acids is 1.